The summed E-state index contributed by atoms with van der Waals surface area (Å²) in [5, 5.41) is 19.6. The first-order valence-corrected chi connectivity index (χ1v) is 10.6. The molecule has 2 aromatic carbocycles. The lowest BCUT2D eigenvalue weighted by atomic mass is 10.1. The standard InChI is InChI=1S/C22H21FN4O4S/c1-4-12-31-19-11-6-16(13-20(19)30-5-2)21(14-26(28)29)32-22-25-24-15(3)27(22)18-9-7-17(23)8-10-18/h1,6-11,13,21H,5,12,14H2,2-3H3/t21-/m0/s1. The number of ether oxygens (including phenoxy) is 2. The van der Waals surface area contributed by atoms with E-state index >= 15 is 0 Å². The van der Waals surface area contributed by atoms with Gasteiger partial charge in [-0.1, -0.05) is 23.7 Å². The van der Waals surface area contributed by atoms with Crippen LogP contribution in [0.2, 0.25) is 0 Å². The van der Waals surface area contributed by atoms with Crippen LogP contribution in [0.25, 0.3) is 5.69 Å². The largest absolute Gasteiger partial charge is 0.490 e. The highest BCUT2D eigenvalue weighted by Crippen LogP contribution is 2.39. The van der Waals surface area contributed by atoms with E-state index in [0.717, 1.165) is 0 Å². The van der Waals surface area contributed by atoms with Gasteiger partial charge < -0.3 is 9.47 Å². The molecule has 0 radical (unpaired) electrons. The lowest BCUT2D eigenvalue weighted by Gasteiger charge is -2.17. The van der Waals surface area contributed by atoms with Crippen molar-refractivity contribution in [2.75, 3.05) is 19.8 Å². The molecule has 0 spiro atoms. The number of nitro groups is 1. The summed E-state index contributed by atoms with van der Waals surface area (Å²) >= 11 is 1.19. The van der Waals surface area contributed by atoms with Crippen LogP contribution in [0.4, 0.5) is 4.39 Å². The summed E-state index contributed by atoms with van der Waals surface area (Å²) in [6.07, 6.45) is 5.26. The summed E-state index contributed by atoms with van der Waals surface area (Å²) in [4.78, 5) is 11.0. The van der Waals surface area contributed by atoms with E-state index in [9.17, 15) is 14.5 Å². The number of terminal acetylenes is 1. The van der Waals surface area contributed by atoms with E-state index in [-0.39, 0.29) is 23.9 Å². The number of thioether (sulfide) groups is 1. The molecule has 0 bridgehead atoms. The third-order valence-corrected chi connectivity index (χ3v) is 5.57. The van der Waals surface area contributed by atoms with Gasteiger partial charge in [0.2, 0.25) is 6.54 Å². The number of hydrogen-bond donors (Lipinski definition) is 0. The number of aryl methyl sites for hydroxylation is 1. The predicted octanol–water partition coefficient (Wildman–Crippen LogP) is 4.24. The number of aromatic nitrogens is 3. The fourth-order valence-electron chi connectivity index (χ4n) is 3.01. The first-order chi connectivity index (χ1) is 15.4. The van der Waals surface area contributed by atoms with Crippen molar-refractivity contribution >= 4 is 11.8 Å². The smallest absolute Gasteiger partial charge is 0.220 e. The molecule has 1 atom stereocenters. The Morgan fingerprint density at radius 1 is 1.22 bits per heavy atom. The van der Waals surface area contributed by atoms with E-state index in [1.54, 1.807) is 41.8 Å². The van der Waals surface area contributed by atoms with Crippen LogP contribution in [0.3, 0.4) is 0 Å². The molecule has 0 unspecified atom stereocenters. The van der Waals surface area contributed by atoms with Gasteiger partial charge in [0, 0.05) is 10.6 Å². The quantitative estimate of drug-likeness (QED) is 0.195. The van der Waals surface area contributed by atoms with Crippen LogP contribution in [-0.2, 0) is 0 Å². The van der Waals surface area contributed by atoms with Gasteiger partial charge in [0.25, 0.3) is 0 Å². The van der Waals surface area contributed by atoms with Crippen molar-refractivity contribution in [3.05, 3.63) is 69.8 Å². The van der Waals surface area contributed by atoms with Crippen molar-refractivity contribution < 1.29 is 18.8 Å². The molecule has 0 N–H and O–H groups in total. The fourth-order valence-corrected chi connectivity index (χ4v) is 4.18. The Hall–Kier alpha value is -3.58. The minimum Gasteiger partial charge on any atom is -0.490 e. The summed E-state index contributed by atoms with van der Waals surface area (Å²) in [5.41, 5.74) is 1.32. The van der Waals surface area contributed by atoms with Gasteiger partial charge in [-0.25, -0.2) is 4.39 Å². The van der Waals surface area contributed by atoms with Crippen molar-refractivity contribution in [2.45, 2.75) is 24.3 Å². The first-order valence-electron chi connectivity index (χ1n) is 9.72. The second-order valence-electron chi connectivity index (χ2n) is 6.60. The summed E-state index contributed by atoms with van der Waals surface area (Å²) in [5.74, 6) is 3.52. The second kappa shape index (κ2) is 10.6. The predicted molar refractivity (Wildman–Crippen MR) is 118 cm³/mol. The highest BCUT2D eigenvalue weighted by atomic mass is 32.2. The Balaban J connectivity index is 1.97. The monoisotopic (exact) mass is 456 g/mol. The molecule has 8 nitrogen and oxygen atoms in total. The topological polar surface area (TPSA) is 92.3 Å². The maximum atomic E-state index is 13.4. The zero-order chi connectivity index (χ0) is 23.1. The van der Waals surface area contributed by atoms with Crippen LogP contribution >= 0.6 is 11.8 Å². The molecule has 10 heteroatoms. The van der Waals surface area contributed by atoms with Crippen molar-refractivity contribution in [1.29, 1.82) is 0 Å². The number of halogens is 1. The van der Waals surface area contributed by atoms with Gasteiger partial charge in [0.15, 0.2) is 16.7 Å². The molecule has 0 saturated carbocycles. The lowest BCUT2D eigenvalue weighted by molar-refractivity contribution is -0.479. The molecule has 1 aromatic heterocycles. The average Bonchev–Trinajstić information content (AvgIpc) is 3.13. The Labute approximate surface area is 188 Å². The molecular weight excluding hydrogens is 435 g/mol. The van der Waals surface area contributed by atoms with Gasteiger partial charge in [-0.2, -0.15) is 0 Å². The van der Waals surface area contributed by atoms with Crippen LogP contribution in [0, 0.1) is 35.2 Å². The Morgan fingerprint density at radius 2 is 1.97 bits per heavy atom. The van der Waals surface area contributed by atoms with Crippen LogP contribution < -0.4 is 9.47 Å². The van der Waals surface area contributed by atoms with E-state index in [0.29, 0.717) is 40.3 Å². The van der Waals surface area contributed by atoms with Crippen LogP contribution in [0.15, 0.2) is 47.6 Å². The van der Waals surface area contributed by atoms with Crippen LogP contribution in [0.5, 0.6) is 11.5 Å². The number of rotatable bonds is 10. The third kappa shape index (κ3) is 5.56. The van der Waals surface area contributed by atoms with E-state index in [4.69, 9.17) is 15.9 Å². The van der Waals surface area contributed by atoms with E-state index in [1.165, 1.54) is 23.9 Å². The van der Waals surface area contributed by atoms with Crippen LogP contribution in [0.1, 0.15) is 23.6 Å². The Kier molecular flexibility index (Phi) is 7.68. The molecule has 0 amide bonds. The van der Waals surface area contributed by atoms with E-state index in [2.05, 4.69) is 16.1 Å². The van der Waals surface area contributed by atoms with Crippen molar-refractivity contribution in [3.8, 4) is 29.5 Å². The molecule has 0 fully saturated rings. The molecule has 3 rings (SSSR count). The van der Waals surface area contributed by atoms with Crippen molar-refractivity contribution in [3.63, 3.8) is 0 Å². The molecule has 0 saturated heterocycles. The normalized spacial score (nSPS) is 11.6. The zero-order valence-corrected chi connectivity index (χ0v) is 18.3. The van der Waals surface area contributed by atoms with Gasteiger partial charge in [0.1, 0.15) is 23.5 Å². The van der Waals surface area contributed by atoms with Gasteiger partial charge >= 0.3 is 0 Å². The second-order valence-corrected chi connectivity index (χ2v) is 7.77. The minimum absolute atomic E-state index is 0.0759. The molecule has 0 aliphatic carbocycles. The number of nitrogens with zero attached hydrogens (tertiary/aromatic N) is 4. The lowest BCUT2D eigenvalue weighted by Crippen LogP contribution is -2.11. The van der Waals surface area contributed by atoms with Gasteiger partial charge in [-0.15, -0.1) is 16.6 Å². The van der Waals surface area contributed by atoms with Crippen molar-refractivity contribution in [1.82, 2.24) is 14.8 Å². The van der Waals surface area contributed by atoms with Gasteiger partial charge in [-0.05, 0) is 55.8 Å². The zero-order valence-electron chi connectivity index (χ0n) is 17.5. The SMILES string of the molecule is C#CCOc1ccc([C@H](C[N+](=O)[O-])Sc2nnc(C)n2-c2ccc(F)cc2)cc1OCC. The summed E-state index contributed by atoms with van der Waals surface area (Å²) in [7, 11) is 0. The summed E-state index contributed by atoms with van der Waals surface area (Å²) in [6, 6.07) is 11.0. The average molecular weight is 456 g/mol. The Morgan fingerprint density at radius 3 is 2.62 bits per heavy atom. The minimum atomic E-state index is -0.589. The molecule has 1 heterocycles. The maximum Gasteiger partial charge on any atom is 0.220 e. The number of benzene rings is 2. The maximum absolute atomic E-state index is 13.4. The summed E-state index contributed by atoms with van der Waals surface area (Å²) < 4.78 is 26.2. The third-order valence-electron chi connectivity index (χ3n) is 4.39. The molecule has 0 aliphatic rings. The molecule has 0 aliphatic heterocycles. The molecule has 3 aromatic rings. The Bertz CT molecular complexity index is 1130. The summed E-state index contributed by atoms with van der Waals surface area (Å²) in [6.45, 7) is 3.70. The molecule has 32 heavy (non-hydrogen) atoms. The number of hydrogen-bond acceptors (Lipinski definition) is 7. The molecular formula is C22H21FN4O4S. The fraction of sp³-hybridized carbons (Fsp3) is 0.273. The van der Waals surface area contributed by atoms with Gasteiger partial charge in [-0.3, -0.25) is 14.7 Å². The van der Waals surface area contributed by atoms with Crippen molar-refractivity contribution in [2.24, 2.45) is 0 Å². The highest BCUT2D eigenvalue weighted by Gasteiger charge is 2.25. The first kappa shape index (κ1) is 23.1. The highest BCUT2D eigenvalue weighted by molar-refractivity contribution is 7.99. The van der Waals surface area contributed by atoms with E-state index in [1.807, 2.05) is 6.92 Å². The molecule has 166 valence electrons. The van der Waals surface area contributed by atoms with Crippen LogP contribution in [-0.4, -0.2) is 39.4 Å². The van der Waals surface area contributed by atoms with Gasteiger partial charge in [0.05, 0.1) is 6.61 Å². The van der Waals surface area contributed by atoms with E-state index < -0.39 is 5.25 Å².